The van der Waals surface area contributed by atoms with Gasteiger partial charge in [-0.15, -0.1) is 0 Å². The van der Waals surface area contributed by atoms with Crippen LogP contribution in [-0.2, 0) is 37.5 Å². The second-order valence-corrected chi connectivity index (χ2v) is 19.5. The Bertz CT molecular complexity index is 3210. The summed E-state index contributed by atoms with van der Waals surface area (Å²) in [5.41, 5.74) is 4.97. The van der Waals surface area contributed by atoms with E-state index in [1.165, 1.54) is 4.90 Å². The predicted molar refractivity (Wildman–Crippen MR) is 276 cm³/mol. The molecular formula is C61H56N4O8. The zero-order valence-electron chi connectivity index (χ0n) is 41.0. The Morgan fingerprint density at radius 1 is 0.753 bits per heavy atom. The van der Waals surface area contributed by atoms with Crippen molar-refractivity contribution < 1.29 is 38.5 Å². The number of carbonyl (C=O) groups is 4. The summed E-state index contributed by atoms with van der Waals surface area (Å²) in [6.07, 6.45) is 5.65. The van der Waals surface area contributed by atoms with Gasteiger partial charge in [0.05, 0.1) is 44.0 Å². The fourth-order valence-corrected chi connectivity index (χ4v) is 12.1. The molecule has 0 aromatic heterocycles. The molecule has 2 N–H and O–H groups in total. The van der Waals surface area contributed by atoms with E-state index in [1.807, 2.05) is 127 Å². The van der Waals surface area contributed by atoms with E-state index in [4.69, 9.17) is 14.2 Å². The number of nitrogens with one attached hydrogen (secondary N) is 1. The number of carbonyl (C=O) groups excluding carboxylic acids is 4. The maximum atomic E-state index is 16.9. The first-order chi connectivity index (χ1) is 35.6. The molecule has 4 amide bonds. The second kappa shape index (κ2) is 19.5. The van der Waals surface area contributed by atoms with Crippen LogP contribution in [-0.4, -0.2) is 65.5 Å². The quantitative estimate of drug-likeness (QED) is 0.113. The molecule has 11 rings (SSSR count). The topological polar surface area (TPSA) is 138 Å². The molecular weight excluding hydrogens is 917 g/mol. The van der Waals surface area contributed by atoms with E-state index in [0.717, 1.165) is 59.1 Å². The van der Waals surface area contributed by atoms with Crippen molar-refractivity contribution in [3.05, 3.63) is 202 Å². The first kappa shape index (κ1) is 47.2. The van der Waals surface area contributed by atoms with Gasteiger partial charge < -0.3 is 29.5 Å². The summed E-state index contributed by atoms with van der Waals surface area (Å²) in [5.74, 6) is 4.57. The van der Waals surface area contributed by atoms with Crippen molar-refractivity contribution in [2.45, 2.75) is 81.3 Å². The number of phenolic OH excluding ortho intramolecular Hbond substituents is 1. The standard InChI is InChI=1S/C61H56N4O8/c1-38(41-18-10-5-11-19-41)62-60(70)64-49-31-26-40(25-24-39-16-8-4-9-17-39)34-48(49)61(59(64)69)52(57(67)63-33-32-45-35-50(71-2)51(72-3)36-46(45)37-63)54-58(68)73-55(43-22-14-7-15-23-43)53(42-20-12-6-13-21-42)65(54)56(61)44-27-29-47(66)30-28-44/h5-7,10-16,18-23,26-31,34-36,38,52-56,66H,4,8-9,17,32-33,37H2,1-3H3,(H,62,70)/t38-,52-,53-,54-,55+,56+,61-/m1/s1. The number of phenols is 1. The van der Waals surface area contributed by atoms with Gasteiger partial charge in [0.1, 0.15) is 23.3 Å². The van der Waals surface area contributed by atoms with E-state index >= 15 is 19.2 Å². The SMILES string of the molecule is COc1cc2c(cc1OC)CN(C(=O)[C@H]1[C@@H]3C(=O)O[C@@H](c4ccccc4)[C@@H](c4ccccc4)N3[C@@H](c3ccc(O)cc3)[C@]13C(=O)N(C(=O)N[C@H](C)c1ccccc1)c1ccc(C#CC4=CCCCC4)cc13)CC2. The number of ether oxygens (including phenoxy) is 3. The summed E-state index contributed by atoms with van der Waals surface area (Å²) in [6, 6.07) is 40.0. The lowest BCUT2D eigenvalue weighted by Crippen LogP contribution is -2.57. The third-order valence-electron chi connectivity index (χ3n) is 15.5. The van der Waals surface area contributed by atoms with Gasteiger partial charge in [0.15, 0.2) is 11.5 Å². The summed E-state index contributed by atoms with van der Waals surface area (Å²) in [7, 11) is 3.15. The van der Waals surface area contributed by atoms with E-state index in [1.54, 1.807) is 49.5 Å². The van der Waals surface area contributed by atoms with Crippen LogP contribution in [0.1, 0.15) is 101 Å². The van der Waals surface area contributed by atoms with Gasteiger partial charge in [-0.2, -0.15) is 0 Å². The maximum absolute atomic E-state index is 16.9. The molecule has 5 aliphatic rings. The number of hydrogen-bond acceptors (Lipinski definition) is 9. The maximum Gasteiger partial charge on any atom is 0.329 e. The Hall–Kier alpha value is -8.14. The average Bonchev–Trinajstić information content (AvgIpc) is 3.89. The predicted octanol–water partition coefficient (Wildman–Crippen LogP) is 9.98. The zero-order chi connectivity index (χ0) is 50.4. The molecule has 12 nitrogen and oxygen atoms in total. The minimum absolute atomic E-state index is 0.0116. The molecule has 6 aromatic carbocycles. The Morgan fingerprint density at radius 3 is 2.10 bits per heavy atom. The van der Waals surface area contributed by atoms with Crippen LogP contribution in [0, 0.1) is 17.8 Å². The van der Waals surface area contributed by atoms with Crippen molar-refractivity contribution in [2.75, 3.05) is 25.7 Å². The van der Waals surface area contributed by atoms with Crippen LogP contribution >= 0.6 is 0 Å². The molecule has 1 aliphatic carbocycles. The van der Waals surface area contributed by atoms with Gasteiger partial charge in [-0.3, -0.25) is 19.3 Å². The lowest BCUT2D eigenvalue weighted by atomic mass is 9.64. The lowest BCUT2D eigenvalue weighted by molar-refractivity contribution is -0.179. The molecule has 368 valence electrons. The zero-order valence-corrected chi connectivity index (χ0v) is 41.0. The van der Waals surface area contributed by atoms with Crippen molar-refractivity contribution in [2.24, 2.45) is 5.92 Å². The molecule has 2 fully saturated rings. The number of nitrogens with zero attached hydrogens (tertiary/aromatic N) is 3. The van der Waals surface area contributed by atoms with Crippen molar-refractivity contribution in [3.63, 3.8) is 0 Å². The highest BCUT2D eigenvalue weighted by Gasteiger charge is 2.76. The highest BCUT2D eigenvalue weighted by molar-refractivity contribution is 6.24. The van der Waals surface area contributed by atoms with E-state index < -0.39 is 65.4 Å². The molecule has 12 heteroatoms. The summed E-state index contributed by atoms with van der Waals surface area (Å²) in [5, 5.41) is 14.0. The van der Waals surface area contributed by atoms with E-state index in [2.05, 4.69) is 23.2 Å². The van der Waals surface area contributed by atoms with Crippen LogP contribution in [0.3, 0.4) is 0 Å². The molecule has 73 heavy (non-hydrogen) atoms. The van der Waals surface area contributed by atoms with Crippen molar-refractivity contribution >= 4 is 29.5 Å². The largest absolute Gasteiger partial charge is 0.508 e. The summed E-state index contributed by atoms with van der Waals surface area (Å²) < 4.78 is 18.1. The molecule has 6 aromatic rings. The summed E-state index contributed by atoms with van der Waals surface area (Å²) in [4.78, 5) is 69.4. The third-order valence-corrected chi connectivity index (χ3v) is 15.5. The van der Waals surface area contributed by atoms with Gasteiger partial charge in [0, 0.05) is 18.7 Å². The number of allylic oxidation sites excluding steroid dienone is 2. The number of fused-ring (bicyclic) bond motifs is 4. The molecule has 0 radical (unpaired) electrons. The molecule has 1 spiro atoms. The Balaban J connectivity index is 1.18. The molecule has 0 unspecified atom stereocenters. The van der Waals surface area contributed by atoms with E-state index in [0.29, 0.717) is 34.6 Å². The van der Waals surface area contributed by atoms with Crippen LogP contribution in [0.5, 0.6) is 17.2 Å². The number of hydrogen-bond donors (Lipinski definition) is 2. The van der Waals surface area contributed by atoms with Crippen LogP contribution in [0.15, 0.2) is 157 Å². The number of methoxy groups -OCH3 is 2. The van der Waals surface area contributed by atoms with Gasteiger partial charge in [-0.25, -0.2) is 9.69 Å². The Morgan fingerprint density at radius 2 is 1.42 bits per heavy atom. The number of esters is 1. The van der Waals surface area contributed by atoms with Gasteiger partial charge in [0.2, 0.25) is 11.8 Å². The number of urea groups is 1. The molecule has 4 heterocycles. The number of aromatic hydroxyl groups is 1. The number of morpholine rings is 1. The van der Waals surface area contributed by atoms with Gasteiger partial charge in [-0.05, 0) is 126 Å². The summed E-state index contributed by atoms with van der Waals surface area (Å²) >= 11 is 0. The summed E-state index contributed by atoms with van der Waals surface area (Å²) in [6.45, 7) is 2.25. The van der Waals surface area contributed by atoms with Crippen molar-refractivity contribution in [3.8, 4) is 29.1 Å². The lowest BCUT2D eigenvalue weighted by Gasteiger charge is -2.46. The van der Waals surface area contributed by atoms with E-state index in [-0.39, 0.29) is 24.5 Å². The van der Waals surface area contributed by atoms with Crippen molar-refractivity contribution in [1.82, 2.24) is 15.1 Å². The monoisotopic (exact) mass is 972 g/mol. The second-order valence-electron chi connectivity index (χ2n) is 19.5. The highest BCUT2D eigenvalue weighted by atomic mass is 16.6. The van der Waals surface area contributed by atoms with Crippen LogP contribution in [0.2, 0.25) is 0 Å². The molecule has 2 saturated heterocycles. The molecule has 7 atom stereocenters. The number of amides is 4. The van der Waals surface area contributed by atoms with Crippen molar-refractivity contribution in [1.29, 1.82) is 0 Å². The molecule has 0 saturated carbocycles. The smallest absolute Gasteiger partial charge is 0.329 e. The van der Waals surface area contributed by atoms with Gasteiger partial charge in [0.25, 0.3) is 0 Å². The Kier molecular flexibility index (Phi) is 12.6. The van der Waals surface area contributed by atoms with Crippen LogP contribution < -0.4 is 19.7 Å². The normalized spacial score (nSPS) is 23.5. The number of rotatable bonds is 8. The number of benzene rings is 6. The first-order valence-electron chi connectivity index (χ1n) is 25.1. The third kappa shape index (κ3) is 8.18. The van der Waals surface area contributed by atoms with Gasteiger partial charge >= 0.3 is 12.0 Å². The number of imide groups is 1. The fourth-order valence-electron chi connectivity index (χ4n) is 12.1. The van der Waals surface area contributed by atoms with Crippen LogP contribution in [0.25, 0.3) is 0 Å². The fraction of sp³-hybridized carbons (Fsp3) is 0.279. The highest BCUT2D eigenvalue weighted by Crippen LogP contribution is 2.66. The van der Waals surface area contributed by atoms with Crippen LogP contribution in [0.4, 0.5) is 10.5 Å². The van der Waals surface area contributed by atoms with Gasteiger partial charge in [-0.1, -0.05) is 121 Å². The Labute approximate surface area is 425 Å². The minimum atomic E-state index is -1.99. The van der Waals surface area contributed by atoms with E-state index in [9.17, 15) is 5.11 Å². The number of cyclic esters (lactones) is 1. The minimum Gasteiger partial charge on any atom is -0.508 e. The molecule has 0 bridgehead atoms. The average molecular weight is 973 g/mol. The first-order valence-corrected chi connectivity index (χ1v) is 25.1. The number of anilines is 1. The molecule has 4 aliphatic heterocycles.